The second-order valence-corrected chi connectivity index (χ2v) is 1.71. The lowest BCUT2D eigenvalue weighted by Gasteiger charge is -1.88. The Kier molecular flexibility index (Phi) is 4.32. The first-order valence-corrected chi connectivity index (χ1v) is 2.82. The van der Waals surface area contributed by atoms with Crippen LogP contribution in [0.3, 0.4) is 0 Å². The minimum absolute atomic E-state index is 0. The monoisotopic (exact) mass is 187 g/mol. The zero-order valence-electron chi connectivity index (χ0n) is 5.37. The van der Waals surface area contributed by atoms with Crippen molar-refractivity contribution in [2.45, 2.75) is 13.3 Å². The lowest BCUT2D eigenvalue weighted by Crippen LogP contribution is -1.77. The molecule has 0 saturated heterocycles. The lowest BCUT2D eigenvalue weighted by molar-refractivity contribution is 1.10. The molecule has 0 fully saturated rings. The van der Waals surface area contributed by atoms with Crippen LogP contribution >= 0.6 is 17.0 Å². The smallest absolute Gasteiger partial charge is 0.0299 e. The van der Waals surface area contributed by atoms with E-state index in [4.69, 9.17) is 0 Å². The van der Waals surface area contributed by atoms with Gasteiger partial charge in [0, 0.05) is 12.4 Å². The molecular weight excluding hydrogens is 178 g/mol. The van der Waals surface area contributed by atoms with Crippen LogP contribution in [-0.2, 0) is 6.42 Å². The van der Waals surface area contributed by atoms with E-state index in [1.165, 1.54) is 5.56 Å². The molecule has 0 aliphatic heterocycles. The second-order valence-electron chi connectivity index (χ2n) is 1.71. The average Bonchev–Trinajstić information content (AvgIpc) is 1.90. The number of hydrogen-bond donors (Lipinski definition) is 0. The van der Waals surface area contributed by atoms with Gasteiger partial charge >= 0.3 is 0 Å². The molecule has 0 aromatic carbocycles. The largest absolute Gasteiger partial charge is 0.264 e. The van der Waals surface area contributed by atoms with E-state index >= 15 is 0 Å². The minimum Gasteiger partial charge on any atom is -0.264 e. The molecule has 0 N–H and O–H groups in total. The molecule has 0 amide bonds. The highest BCUT2D eigenvalue weighted by molar-refractivity contribution is 8.93. The van der Waals surface area contributed by atoms with Gasteiger partial charge in [-0.3, -0.25) is 4.98 Å². The Bertz CT molecular complexity index is 150. The summed E-state index contributed by atoms with van der Waals surface area (Å²) in [6, 6.07) is 4.03. The summed E-state index contributed by atoms with van der Waals surface area (Å²) < 4.78 is 0. The SMILES string of the molecule is Br.CCc1cccnc1. The molecular formula is C7H10BrN. The molecule has 1 rings (SSSR count). The van der Waals surface area contributed by atoms with Crippen molar-refractivity contribution in [1.29, 1.82) is 0 Å². The van der Waals surface area contributed by atoms with Crippen molar-refractivity contribution in [3.05, 3.63) is 30.1 Å². The number of halogens is 1. The zero-order chi connectivity index (χ0) is 5.82. The summed E-state index contributed by atoms with van der Waals surface area (Å²) in [4.78, 5) is 3.96. The van der Waals surface area contributed by atoms with Crippen molar-refractivity contribution in [2.24, 2.45) is 0 Å². The highest BCUT2D eigenvalue weighted by atomic mass is 79.9. The zero-order valence-corrected chi connectivity index (χ0v) is 7.09. The maximum absolute atomic E-state index is 3.96. The van der Waals surface area contributed by atoms with Gasteiger partial charge in [-0.2, -0.15) is 0 Å². The van der Waals surface area contributed by atoms with Gasteiger partial charge in [-0.1, -0.05) is 13.0 Å². The number of aromatic nitrogens is 1. The van der Waals surface area contributed by atoms with Crippen LogP contribution in [0.5, 0.6) is 0 Å². The van der Waals surface area contributed by atoms with Gasteiger partial charge < -0.3 is 0 Å². The number of nitrogens with zero attached hydrogens (tertiary/aromatic N) is 1. The summed E-state index contributed by atoms with van der Waals surface area (Å²) in [6.45, 7) is 2.12. The molecule has 2 heteroatoms. The fourth-order valence-corrected chi connectivity index (χ4v) is 0.607. The van der Waals surface area contributed by atoms with Gasteiger partial charge in [-0.25, -0.2) is 0 Å². The van der Waals surface area contributed by atoms with E-state index in [-0.39, 0.29) is 17.0 Å². The maximum Gasteiger partial charge on any atom is 0.0299 e. The van der Waals surface area contributed by atoms with Crippen molar-refractivity contribution >= 4 is 17.0 Å². The summed E-state index contributed by atoms with van der Waals surface area (Å²) >= 11 is 0. The molecule has 0 saturated carbocycles. The molecule has 1 heterocycles. The topological polar surface area (TPSA) is 12.9 Å². The van der Waals surface area contributed by atoms with Crippen molar-refractivity contribution in [3.8, 4) is 0 Å². The summed E-state index contributed by atoms with van der Waals surface area (Å²) in [7, 11) is 0. The fraction of sp³-hybridized carbons (Fsp3) is 0.286. The Hall–Kier alpha value is -0.370. The molecule has 1 nitrogen and oxygen atoms in total. The van der Waals surface area contributed by atoms with E-state index in [1.807, 2.05) is 12.3 Å². The first-order chi connectivity index (χ1) is 3.93. The third kappa shape index (κ3) is 2.61. The van der Waals surface area contributed by atoms with Crippen LogP contribution < -0.4 is 0 Å². The molecule has 0 aliphatic carbocycles. The quantitative estimate of drug-likeness (QED) is 0.658. The van der Waals surface area contributed by atoms with Gasteiger partial charge in [-0.05, 0) is 18.1 Å². The Morgan fingerprint density at radius 3 is 2.67 bits per heavy atom. The Morgan fingerprint density at radius 2 is 2.33 bits per heavy atom. The van der Waals surface area contributed by atoms with E-state index in [1.54, 1.807) is 6.20 Å². The van der Waals surface area contributed by atoms with E-state index in [0.29, 0.717) is 0 Å². The summed E-state index contributed by atoms with van der Waals surface area (Å²) in [5.74, 6) is 0. The van der Waals surface area contributed by atoms with Crippen molar-refractivity contribution in [2.75, 3.05) is 0 Å². The van der Waals surface area contributed by atoms with Crippen LogP contribution in [-0.4, -0.2) is 4.98 Å². The molecule has 0 radical (unpaired) electrons. The van der Waals surface area contributed by atoms with Gasteiger partial charge in [0.05, 0.1) is 0 Å². The van der Waals surface area contributed by atoms with Crippen molar-refractivity contribution in [3.63, 3.8) is 0 Å². The molecule has 1 aromatic rings. The molecule has 0 unspecified atom stereocenters. The van der Waals surface area contributed by atoms with Crippen LogP contribution in [0.1, 0.15) is 12.5 Å². The molecule has 9 heavy (non-hydrogen) atoms. The van der Waals surface area contributed by atoms with Crippen molar-refractivity contribution in [1.82, 2.24) is 4.98 Å². The summed E-state index contributed by atoms with van der Waals surface area (Å²) in [6.07, 6.45) is 4.76. The Balaban J connectivity index is 0.000000640. The van der Waals surface area contributed by atoms with Gasteiger partial charge in [0.2, 0.25) is 0 Å². The fourth-order valence-electron chi connectivity index (χ4n) is 0.607. The van der Waals surface area contributed by atoms with Gasteiger partial charge in [0.25, 0.3) is 0 Å². The van der Waals surface area contributed by atoms with Crippen LogP contribution in [0.15, 0.2) is 24.5 Å². The van der Waals surface area contributed by atoms with Crippen LogP contribution in [0.4, 0.5) is 0 Å². The molecule has 0 atom stereocenters. The van der Waals surface area contributed by atoms with Crippen molar-refractivity contribution < 1.29 is 0 Å². The van der Waals surface area contributed by atoms with E-state index in [9.17, 15) is 0 Å². The number of pyridine rings is 1. The summed E-state index contributed by atoms with van der Waals surface area (Å²) in [5.41, 5.74) is 1.30. The average molecular weight is 188 g/mol. The summed E-state index contributed by atoms with van der Waals surface area (Å²) in [5, 5.41) is 0. The van der Waals surface area contributed by atoms with Gasteiger partial charge in [-0.15, -0.1) is 17.0 Å². The molecule has 1 aromatic heterocycles. The number of rotatable bonds is 1. The number of hydrogen-bond acceptors (Lipinski definition) is 1. The molecule has 0 bridgehead atoms. The number of aryl methyl sites for hydroxylation is 1. The van der Waals surface area contributed by atoms with Crippen LogP contribution in [0.25, 0.3) is 0 Å². The van der Waals surface area contributed by atoms with Gasteiger partial charge in [0.15, 0.2) is 0 Å². The second kappa shape index (κ2) is 4.50. The van der Waals surface area contributed by atoms with Crippen LogP contribution in [0, 0.1) is 0 Å². The molecule has 50 valence electrons. The predicted octanol–water partition coefficient (Wildman–Crippen LogP) is 2.22. The van der Waals surface area contributed by atoms with Gasteiger partial charge in [0.1, 0.15) is 0 Å². The minimum atomic E-state index is 0. The first kappa shape index (κ1) is 8.63. The molecule has 0 spiro atoms. The first-order valence-electron chi connectivity index (χ1n) is 2.82. The Morgan fingerprint density at radius 1 is 1.56 bits per heavy atom. The lowest BCUT2D eigenvalue weighted by atomic mass is 10.2. The van der Waals surface area contributed by atoms with Crippen LogP contribution in [0.2, 0.25) is 0 Å². The van der Waals surface area contributed by atoms with E-state index in [0.717, 1.165) is 6.42 Å². The van der Waals surface area contributed by atoms with E-state index in [2.05, 4.69) is 18.0 Å². The predicted molar refractivity (Wildman–Crippen MR) is 43.9 cm³/mol. The normalized spacial score (nSPS) is 8.11. The van der Waals surface area contributed by atoms with E-state index < -0.39 is 0 Å². The third-order valence-corrected chi connectivity index (χ3v) is 1.13. The highest BCUT2D eigenvalue weighted by Crippen LogP contribution is 1.93. The standard InChI is InChI=1S/C7H9N.BrH/c1-2-7-4-3-5-8-6-7;/h3-6H,2H2,1H3;1H. The molecule has 0 aliphatic rings. The third-order valence-electron chi connectivity index (χ3n) is 1.13. The highest BCUT2D eigenvalue weighted by Gasteiger charge is 1.81. The Labute approximate surface area is 65.9 Å². The maximum atomic E-state index is 3.96.